The first-order valence-electron chi connectivity index (χ1n) is 9.29. The minimum absolute atomic E-state index is 0.151. The number of hydrogen-bond acceptors (Lipinski definition) is 4. The van der Waals surface area contributed by atoms with E-state index in [0.29, 0.717) is 12.4 Å². The highest BCUT2D eigenvalue weighted by atomic mass is 35.5. The van der Waals surface area contributed by atoms with Crippen molar-refractivity contribution in [2.45, 2.75) is 13.5 Å². The molecule has 3 aromatic rings. The van der Waals surface area contributed by atoms with E-state index in [9.17, 15) is 9.59 Å². The van der Waals surface area contributed by atoms with Gasteiger partial charge in [0.25, 0.3) is 0 Å². The van der Waals surface area contributed by atoms with Gasteiger partial charge in [-0.05, 0) is 54.4 Å². The van der Waals surface area contributed by atoms with Crippen LogP contribution in [0, 0.1) is 6.92 Å². The van der Waals surface area contributed by atoms with Crippen LogP contribution in [0.25, 0.3) is 0 Å². The number of carbonyl (C=O) groups is 2. The molecule has 2 N–H and O–H groups in total. The van der Waals surface area contributed by atoms with Crippen LogP contribution in [-0.4, -0.2) is 18.0 Å². The molecule has 31 heavy (non-hydrogen) atoms. The van der Waals surface area contributed by atoms with E-state index in [1.54, 1.807) is 36.4 Å². The Bertz CT molecular complexity index is 1100. The number of amides is 2. The van der Waals surface area contributed by atoms with Crippen molar-refractivity contribution in [3.8, 4) is 5.75 Å². The van der Waals surface area contributed by atoms with Gasteiger partial charge in [-0.15, -0.1) is 0 Å². The minimum atomic E-state index is -0.939. The zero-order chi connectivity index (χ0) is 22.2. The Hall–Kier alpha value is -3.35. The number of ether oxygens (including phenoxy) is 1. The second kappa shape index (κ2) is 10.6. The third-order valence-corrected chi connectivity index (χ3v) is 5.01. The number of nitrogens with one attached hydrogen (secondary N) is 2. The van der Waals surface area contributed by atoms with Crippen LogP contribution in [0.15, 0.2) is 71.8 Å². The Balaban J connectivity index is 1.48. The zero-order valence-corrected chi connectivity index (χ0v) is 18.1. The third kappa shape index (κ3) is 6.57. The Labute approximate surface area is 189 Å². The third-order valence-electron chi connectivity index (χ3n) is 4.19. The summed E-state index contributed by atoms with van der Waals surface area (Å²) < 4.78 is 5.75. The van der Waals surface area contributed by atoms with Crippen molar-refractivity contribution in [2.24, 2.45) is 5.10 Å². The molecule has 0 aliphatic carbocycles. The molecule has 6 nitrogen and oxygen atoms in total. The van der Waals surface area contributed by atoms with Crippen LogP contribution in [0.1, 0.15) is 16.7 Å². The Kier molecular flexibility index (Phi) is 7.65. The van der Waals surface area contributed by atoms with Gasteiger partial charge in [-0.2, -0.15) is 5.10 Å². The Morgan fingerprint density at radius 3 is 2.39 bits per heavy atom. The monoisotopic (exact) mass is 455 g/mol. The molecule has 3 rings (SSSR count). The second-order valence-electron chi connectivity index (χ2n) is 6.60. The van der Waals surface area contributed by atoms with Gasteiger partial charge in [0.1, 0.15) is 12.4 Å². The number of anilines is 1. The van der Waals surface area contributed by atoms with Crippen LogP contribution in [0.3, 0.4) is 0 Å². The van der Waals surface area contributed by atoms with E-state index in [2.05, 4.69) is 15.8 Å². The molecule has 0 spiro atoms. The smallest absolute Gasteiger partial charge is 0.329 e. The standard InChI is InChI=1S/C23H19Cl2N3O3/c1-15-5-7-17(8-6-15)14-31-18-11-9-16(10-12-18)13-26-28-23(30)22(29)27-20-4-2-3-19(24)21(20)25/h2-13H,14H2,1H3,(H,27,29)(H,28,30)/b26-13-. The summed E-state index contributed by atoms with van der Waals surface area (Å²) in [7, 11) is 0. The van der Waals surface area contributed by atoms with Crippen LogP contribution in [0.2, 0.25) is 10.0 Å². The lowest BCUT2D eigenvalue weighted by molar-refractivity contribution is -0.136. The highest BCUT2D eigenvalue weighted by Gasteiger charge is 2.15. The van der Waals surface area contributed by atoms with E-state index in [-0.39, 0.29) is 15.7 Å². The average molecular weight is 456 g/mol. The summed E-state index contributed by atoms with van der Waals surface area (Å²) in [5.41, 5.74) is 5.40. The van der Waals surface area contributed by atoms with Crippen LogP contribution < -0.4 is 15.5 Å². The molecule has 0 heterocycles. The molecule has 2 amide bonds. The van der Waals surface area contributed by atoms with Gasteiger partial charge in [0, 0.05) is 0 Å². The number of halogens is 2. The molecule has 0 saturated carbocycles. The van der Waals surface area contributed by atoms with E-state index in [4.69, 9.17) is 27.9 Å². The number of aryl methyl sites for hydroxylation is 1. The predicted octanol–water partition coefficient (Wildman–Crippen LogP) is 4.97. The topological polar surface area (TPSA) is 79.8 Å². The van der Waals surface area contributed by atoms with Crippen molar-refractivity contribution in [3.63, 3.8) is 0 Å². The molecule has 0 atom stereocenters. The van der Waals surface area contributed by atoms with Gasteiger partial charge in [0.05, 0.1) is 21.9 Å². The van der Waals surface area contributed by atoms with E-state index >= 15 is 0 Å². The largest absolute Gasteiger partial charge is 0.489 e. The maximum atomic E-state index is 12.0. The lowest BCUT2D eigenvalue weighted by atomic mass is 10.2. The van der Waals surface area contributed by atoms with Gasteiger partial charge >= 0.3 is 11.8 Å². The van der Waals surface area contributed by atoms with Crippen LogP contribution in [0.4, 0.5) is 5.69 Å². The average Bonchev–Trinajstić information content (AvgIpc) is 2.77. The summed E-state index contributed by atoms with van der Waals surface area (Å²) >= 11 is 11.9. The first-order valence-corrected chi connectivity index (χ1v) is 10.0. The molecule has 158 valence electrons. The summed E-state index contributed by atoms with van der Waals surface area (Å²) in [5, 5.41) is 6.59. The summed E-state index contributed by atoms with van der Waals surface area (Å²) in [6.07, 6.45) is 1.42. The Morgan fingerprint density at radius 2 is 1.68 bits per heavy atom. The quantitative estimate of drug-likeness (QED) is 0.312. The van der Waals surface area contributed by atoms with E-state index < -0.39 is 11.8 Å². The molecule has 8 heteroatoms. The fraction of sp³-hybridized carbons (Fsp3) is 0.0870. The lowest BCUT2D eigenvalue weighted by Gasteiger charge is -2.07. The van der Waals surface area contributed by atoms with Crippen molar-refractivity contribution < 1.29 is 14.3 Å². The molecule has 0 fully saturated rings. The fourth-order valence-corrected chi connectivity index (χ4v) is 2.84. The maximum absolute atomic E-state index is 12.0. The lowest BCUT2D eigenvalue weighted by Crippen LogP contribution is -2.32. The first-order chi connectivity index (χ1) is 14.9. The molecular formula is C23H19Cl2N3O3. The van der Waals surface area contributed by atoms with Crippen LogP contribution >= 0.6 is 23.2 Å². The highest BCUT2D eigenvalue weighted by molar-refractivity contribution is 6.45. The fourth-order valence-electron chi connectivity index (χ4n) is 2.50. The van der Waals surface area contributed by atoms with Crippen LogP contribution in [-0.2, 0) is 16.2 Å². The molecule has 0 saturated heterocycles. The molecular weight excluding hydrogens is 437 g/mol. The predicted molar refractivity (Wildman–Crippen MR) is 123 cm³/mol. The number of hydrogen-bond donors (Lipinski definition) is 2. The summed E-state index contributed by atoms with van der Waals surface area (Å²) in [5.74, 6) is -1.15. The molecule has 0 aromatic heterocycles. The number of rotatable bonds is 6. The number of hydrazone groups is 1. The van der Waals surface area contributed by atoms with E-state index in [1.807, 2.05) is 31.2 Å². The molecule has 0 radical (unpaired) electrons. The second-order valence-corrected chi connectivity index (χ2v) is 7.38. The number of carbonyl (C=O) groups excluding carboxylic acids is 2. The SMILES string of the molecule is Cc1ccc(COc2ccc(/C=N\NC(=O)C(=O)Nc3cccc(Cl)c3Cl)cc2)cc1. The molecule has 0 aliphatic rings. The Morgan fingerprint density at radius 1 is 0.968 bits per heavy atom. The van der Waals surface area contributed by atoms with Crippen molar-refractivity contribution >= 4 is 46.9 Å². The van der Waals surface area contributed by atoms with Gasteiger partial charge in [-0.3, -0.25) is 9.59 Å². The highest BCUT2D eigenvalue weighted by Crippen LogP contribution is 2.29. The number of benzene rings is 3. The van der Waals surface area contributed by atoms with Crippen molar-refractivity contribution in [2.75, 3.05) is 5.32 Å². The van der Waals surface area contributed by atoms with Gasteiger partial charge in [-0.25, -0.2) is 5.43 Å². The maximum Gasteiger partial charge on any atom is 0.329 e. The van der Waals surface area contributed by atoms with Crippen molar-refractivity contribution in [3.05, 3.63) is 93.5 Å². The molecule has 0 unspecified atom stereocenters. The normalized spacial score (nSPS) is 10.7. The van der Waals surface area contributed by atoms with Gasteiger partial charge < -0.3 is 10.1 Å². The van der Waals surface area contributed by atoms with Gasteiger partial charge in [-0.1, -0.05) is 59.1 Å². The van der Waals surface area contributed by atoms with Crippen molar-refractivity contribution in [1.82, 2.24) is 5.43 Å². The molecule has 0 bridgehead atoms. The molecule has 0 aliphatic heterocycles. The molecule has 3 aromatic carbocycles. The van der Waals surface area contributed by atoms with E-state index in [1.165, 1.54) is 17.8 Å². The van der Waals surface area contributed by atoms with Gasteiger partial charge in [0.2, 0.25) is 0 Å². The summed E-state index contributed by atoms with van der Waals surface area (Å²) in [6, 6.07) is 20.0. The zero-order valence-electron chi connectivity index (χ0n) is 16.6. The first kappa shape index (κ1) is 22.3. The summed E-state index contributed by atoms with van der Waals surface area (Å²) in [6.45, 7) is 2.50. The van der Waals surface area contributed by atoms with Crippen LogP contribution in [0.5, 0.6) is 5.75 Å². The summed E-state index contributed by atoms with van der Waals surface area (Å²) in [4.78, 5) is 23.9. The van der Waals surface area contributed by atoms with Gasteiger partial charge in [0.15, 0.2) is 0 Å². The van der Waals surface area contributed by atoms with E-state index in [0.717, 1.165) is 11.1 Å². The van der Waals surface area contributed by atoms with Crippen molar-refractivity contribution in [1.29, 1.82) is 0 Å². The number of nitrogens with zero attached hydrogens (tertiary/aromatic N) is 1. The minimum Gasteiger partial charge on any atom is -0.489 e.